The first-order chi connectivity index (χ1) is 12.9. The second kappa shape index (κ2) is 8.91. The van der Waals surface area contributed by atoms with Gasteiger partial charge in [0.05, 0.1) is 38.4 Å². The first-order valence-electron chi connectivity index (χ1n) is 9.29. The highest BCUT2D eigenvalue weighted by Gasteiger charge is 2.22. The van der Waals surface area contributed by atoms with Crippen molar-refractivity contribution >= 4 is 24.0 Å². The lowest BCUT2D eigenvalue weighted by atomic mass is 10.2. The van der Waals surface area contributed by atoms with E-state index in [2.05, 4.69) is 45.9 Å². The fourth-order valence-corrected chi connectivity index (χ4v) is 4.48. The van der Waals surface area contributed by atoms with E-state index in [0.29, 0.717) is 23.7 Å². The Bertz CT molecular complexity index is 772. The molecule has 9 heteroatoms. The van der Waals surface area contributed by atoms with Crippen molar-refractivity contribution in [2.24, 2.45) is 0 Å². The molecule has 2 aromatic rings. The first-order valence-corrected chi connectivity index (χ1v) is 13.8. The molecule has 27 heavy (non-hydrogen) atoms. The van der Waals surface area contributed by atoms with E-state index >= 15 is 0 Å². The fourth-order valence-electron chi connectivity index (χ4n) is 3.00. The molecule has 3 rings (SSSR count). The van der Waals surface area contributed by atoms with E-state index in [1.54, 1.807) is 0 Å². The van der Waals surface area contributed by atoms with E-state index in [1.807, 2.05) is 16.8 Å². The molecule has 3 heterocycles. The summed E-state index contributed by atoms with van der Waals surface area (Å²) in [4.78, 5) is 4.70. The Hall–Kier alpha value is -1.13. The van der Waals surface area contributed by atoms with Crippen LogP contribution in [-0.2, 0) is 28.9 Å². The van der Waals surface area contributed by atoms with Crippen LogP contribution in [0.2, 0.25) is 19.6 Å². The second-order valence-electron chi connectivity index (χ2n) is 7.99. The van der Waals surface area contributed by atoms with Crippen LogP contribution in [0.25, 0.3) is 11.4 Å². The molecule has 0 aromatic carbocycles. The average molecular weight is 455 g/mol. The van der Waals surface area contributed by atoms with Gasteiger partial charge in [0.15, 0.2) is 6.29 Å². The predicted octanol–water partition coefficient (Wildman–Crippen LogP) is 3.52. The number of nitrogens with zero attached hydrogens (tertiary/aromatic N) is 4. The highest BCUT2D eigenvalue weighted by Crippen LogP contribution is 2.25. The summed E-state index contributed by atoms with van der Waals surface area (Å²) >= 11 is 3.54. The van der Waals surface area contributed by atoms with E-state index in [-0.39, 0.29) is 12.9 Å². The van der Waals surface area contributed by atoms with Crippen LogP contribution >= 0.6 is 15.9 Å². The van der Waals surface area contributed by atoms with E-state index in [1.165, 1.54) is 0 Å². The monoisotopic (exact) mass is 454 g/mol. The molecule has 148 valence electrons. The number of hydrogen-bond donors (Lipinski definition) is 1. The molecule has 1 fully saturated rings. The summed E-state index contributed by atoms with van der Waals surface area (Å²) in [7, 11) is -1.40. The second-order valence-corrected chi connectivity index (χ2v) is 14.3. The summed E-state index contributed by atoms with van der Waals surface area (Å²) in [6.07, 6.45) is 3.77. The number of aliphatic hydroxyl groups excluding tert-OH is 1. The number of ether oxygens (including phenoxy) is 2. The molecule has 2 aromatic heterocycles. The summed E-state index contributed by atoms with van der Waals surface area (Å²) in [6.45, 7) is 7.77. The Balaban J connectivity index is 1.80. The summed E-state index contributed by atoms with van der Waals surface area (Å²) in [5.74, 6) is 0. The molecule has 0 radical (unpaired) electrons. The molecular weight excluding hydrogens is 428 g/mol. The molecule has 1 atom stereocenters. The number of pyridine rings is 1. The smallest absolute Gasteiger partial charge is 0.158 e. The minimum absolute atomic E-state index is 0.119. The molecule has 1 aliphatic heterocycles. The van der Waals surface area contributed by atoms with Crippen LogP contribution in [0.5, 0.6) is 0 Å². The largest absolute Gasteiger partial charge is 0.390 e. The molecule has 0 amide bonds. The van der Waals surface area contributed by atoms with Crippen LogP contribution in [0.1, 0.15) is 30.7 Å². The molecule has 1 aliphatic rings. The van der Waals surface area contributed by atoms with E-state index < -0.39 is 8.07 Å². The van der Waals surface area contributed by atoms with Crippen molar-refractivity contribution in [1.82, 2.24) is 20.0 Å². The molecule has 0 spiro atoms. The fraction of sp³-hybridized carbons (Fsp3) is 0.611. The Kier molecular flexibility index (Phi) is 6.80. The van der Waals surface area contributed by atoms with Crippen LogP contribution in [0, 0.1) is 0 Å². The van der Waals surface area contributed by atoms with Gasteiger partial charge in [-0.25, -0.2) is 9.67 Å². The van der Waals surface area contributed by atoms with Crippen molar-refractivity contribution in [1.29, 1.82) is 0 Å². The minimum atomic E-state index is -1.40. The molecule has 0 aliphatic carbocycles. The van der Waals surface area contributed by atoms with Crippen molar-refractivity contribution < 1.29 is 14.6 Å². The van der Waals surface area contributed by atoms with Gasteiger partial charge in [-0.1, -0.05) is 24.9 Å². The van der Waals surface area contributed by atoms with E-state index in [9.17, 15) is 5.11 Å². The number of aromatic nitrogens is 4. The zero-order valence-electron chi connectivity index (χ0n) is 16.1. The maximum Gasteiger partial charge on any atom is 0.158 e. The van der Waals surface area contributed by atoms with Crippen LogP contribution in [-0.4, -0.2) is 46.1 Å². The SMILES string of the molecule is C[Si](C)(C)Cn1nnc(-c2ccc(Br)c(COC3CCCCO3)n2)c1CO. The van der Waals surface area contributed by atoms with Crippen molar-refractivity contribution in [3.8, 4) is 11.4 Å². The Morgan fingerprint density at radius 3 is 2.81 bits per heavy atom. The maximum absolute atomic E-state index is 9.88. The average Bonchev–Trinajstić information content (AvgIpc) is 3.02. The molecule has 1 saturated heterocycles. The van der Waals surface area contributed by atoms with Crippen LogP contribution in [0.4, 0.5) is 0 Å². The van der Waals surface area contributed by atoms with Crippen LogP contribution in [0.3, 0.4) is 0 Å². The van der Waals surface area contributed by atoms with E-state index in [4.69, 9.17) is 14.5 Å². The van der Waals surface area contributed by atoms with Crippen molar-refractivity contribution in [2.75, 3.05) is 6.61 Å². The number of halogens is 1. The van der Waals surface area contributed by atoms with Crippen molar-refractivity contribution in [2.45, 2.75) is 64.6 Å². The standard InChI is InChI=1S/C18H27BrN4O3Si/c1-27(2,3)12-23-16(10-24)18(21-22-23)14-8-7-13(19)15(20-14)11-26-17-6-4-5-9-25-17/h7-8,17,24H,4-6,9-12H2,1-3H3. The highest BCUT2D eigenvalue weighted by molar-refractivity contribution is 9.10. The summed E-state index contributed by atoms with van der Waals surface area (Å²) in [5.41, 5.74) is 2.80. The normalized spacial score (nSPS) is 18.0. The van der Waals surface area contributed by atoms with Gasteiger partial charge in [0, 0.05) is 17.2 Å². The lowest BCUT2D eigenvalue weighted by Crippen LogP contribution is -2.29. The minimum Gasteiger partial charge on any atom is -0.390 e. The summed E-state index contributed by atoms with van der Waals surface area (Å²) < 4.78 is 14.2. The van der Waals surface area contributed by atoms with Crippen LogP contribution < -0.4 is 0 Å². The quantitative estimate of drug-likeness (QED) is 0.644. The molecule has 1 N–H and O–H groups in total. The third-order valence-corrected chi connectivity index (χ3v) is 6.29. The van der Waals surface area contributed by atoms with Gasteiger partial charge in [0.25, 0.3) is 0 Å². The zero-order valence-corrected chi connectivity index (χ0v) is 18.7. The topological polar surface area (TPSA) is 82.3 Å². The highest BCUT2D eigenvalue weighted by atomic mass is 79.9. The summed E-state index contributed by atoms with van der Waals surface area (Å²) in [5, 5.41) is 18.4. The third-order valence-electron chi connectivity index (χ3n) is 4.32. The van der Waals surface area contributed by atoms with Gasteiger partial charge in [-0.05, 0) is 47.3 Å². The van der Waals surface area contributed by atoms with Crippen molar-refractivity contribution in [3.63, 3.8) is 0 Å². The third kappa shape index (κ3) is 5.45. The van der Waals surface area contributed by atoms with E-state index in [0.717, 1.165) is 42.2 Å². The molecule has 7 nitrogen and oxygen atoms in total. The number of hydrogen-bond acceptors (Lipinski definition) is 6. The van der Waals surface area contributed by atoms with Gasteiger partial charge in [-0.15, -0.1) is 5.10 Å². The van der Waals surface area contributed by atoms with Gasteiger partial charge < -0.3 is 14.6 Å². The van der Waals surface area contributed by atoms with Gasteiger partial charge in [-0.3, -0.25) is 0 Å². The van der Waals surface area contributed by atoms with Gasteiger partial charge in [-0.2, -0.15) is 0 Å². The molecular formula is C18H27BrN4O3Si. The number of rotatable bonds is 7. The van der Waals surface area contributed by atoms with Crippen molar-refractivity contribution in [3.05, 3.63) is 28.0 Å². The molecule has 0 bridgehead atoms. The summed E-state index contributed by atoms with van der Waals surface area (Å²) in [6, 6.07) is 3.81. The lowest BCUT2D eigenvalue weighted by Gasteiger charge is -2.22. The maximum atomic E-state index is 9.88. The molecule has 0 saturated carbocycles. The Morgan fingerprint density at radius 2 is 2.15 bits per heavy atom. The van der Waals surface area contributed by atoms with Gasteiger partial charge >= 0.3 is 0 Å². The lowest BCUT2D eigenvalue weighted by molar-refractivity contribution is -0.169. The number of aliphatic hydroxyl groups is 1. The van der Waals surface area contributed by atoms with Gasteiger partial charge in [0.2, 0.25) is 0 Å². The first kappa shape index (κ1) is 20.6. The zero-order chi connectivity index (χ0) is 19.4. The Morgan fingerprint density at radius 1 is 1.33 bits per heavy atom. The van der Waals surface area contributed by atoms with Gasteiger partial charge in [0.1, 0.15) is 5.69 Å². The van der Waals surface area contributed by atoms with Crippen LogP contribution in [0.15, 0.2) is 16.6 Å². The predicted molar refractivity (Wildman–Crippen MR) is 109 cm³/mol. The Labute approximate surface area is 169 Å². The molecule has 1 unspecified atom stereocenters.